The summed E-state index contributed by atoms with van der Waals surface area (Å²) < 4.78 is 10.2. The van der Waals surface area contributed by atoms with Crippen LogP contribution in [0.2, 0.25) is 0 Å². The van der Waals surface area contributed by atoms with Gasteiger partial charge in [-0.15, -0.1) is 0 Å². The molecule has 2 fully saturated rings. The van der Waals surface area contributed by atoms with Gasteiger partial charge in [0.15, 0.2) is 0 Å². The van der Waals surface area contributed by atoms with Crippen molar-refractivity contribution in [2.45, 2.75) is 12.8 Å². The normalized spacial score (nSPS) is 25.1. The summed E-state index contributed by atoms with van der Waals surface area (Å²) in [5, 5.41) is 9.54. The Morgan fingerprint density at radius 1 is 1.26 bits per heavy atom. The molecule has 1 aromatic rings. The summed E-state index contributed by atoms with van der Waals surface area (Å²) in [6.07, 6.45) is 0.483. The zero-order valence-electron chi connectivity index (χ0n) is 15.5. The molecule has 0 spiro atoms. The molecule has 2 unspecified atom stereocenters. The number of carboxylic acid groups (broad SMARTS) is 1. The molecule has 27 heavy (non-hydrogen) atoms. The van der Waals surface area contributed by atoms with E-state index in [1.807, 2.05) is 0 Å². The van der Waals surface area contributed by atoms with Crippen molar-refractivity contribution in [2.75, 3.05) is 45.4 Å². The van der Waals surface area contributed by atoms with Crippen molar-refractivity contribution < 1.29 is 29.0 Å². The predicted octanol–water partition coefficient (Wildman–Crippen LogP) is 0.998. The molecule has 2 saturated heterocycles. The van der Waals surface area contributed by atoms with Crippen LogP contribution in [0.15, 0.2) is 24.3 Å². The third-order valence-corrected chi connectivity index (χ3v) is 5.40. The second kappa shape index (κ2) is 7.56. The van der Waals surface area contributed by atoms with Crippen LogP contribution < -0.4 is 9.64 Å². The largest absolute Gasteiger partial charge is 0.497 e. The minimum absolute atomic E-state index is 0.0632. The maximum atomic E-state index is 12.9. The van der Waals surface area contributed by atoms with Crippen LogP contribution in [0.1, 0.15) is 12.8 Å². The van der Waals surface area contributed by atoms with Crippen molar-refractivity contribution in [3.8, 4) is 5.75 Å². The average molecular weight is 376 g/mol. The molecule has 0 saturated carbocycles. The second-order valence-electron chi connectivity index (χ2n) is 7.13. The van der Waals surface area contributed by atoms with Gasteiger partial charge in [0.2, 0.25) is 11.8 Å². The van der Waals surface area contributed by atoms with Crippen LogP contribution in [0.25, 0.3) is 0 Å². The number of benzene rings is 1. The number of carbonyl (C=O) groups is 3. The maximum absolute atomic E-state index is 12.9. The van der Waals surface area contributed by atoms with Gasteiger partial charge in [-0.2, -0.15) is 0 Å². The molecule has 1 N–H and O–H groups in total. The Kier molecular flexibility index (Phi) is 5.36. The minimum atomic E-state index is -1.07. The first kappa shape index (κ1) is 19.2. The van der Waals surface area contributed by atoms with Gasteiger partial charge in [-0.25, -0.2) is 0 Å². The predicted molar refractivity (Wildman–Crippen MR) is 96.6 cm³/mol. The second-order valence-corrected chi connectivity index (χ2v) is 7.13. The first-order chi connectivity index (χ1) is 12.9. The summed E-state index contributed by atoms with van der Waals surface area (Å²) in [4.78, 5) is 40.1. The quantitative estimate of drug-likeness (QED) is 0.796. The molecule has 146 valence electrons. The first-order valence-corrected chi connectivity index (χ1v) is 8.86. The van der Waals surface area contributed by atoms with E-state index >= 15 is 0 Å². The van der Waals surface area contributed by atoms with Crippen molar-refractivity contribution >= 4 is 23.5 Å². The van der Waals surface area contributed by atoms with Crippen LogP contribution >= 0.6 is 0 Å². The zero-order chi connectivity index (χ0) is 19.6. The summed E-state index contributed by atoms with van der Waals surface area (Å²) >= 11 is 0. The molecule has 2 amide bonds. The highest BCUT2D eigenvalue weighted by molar-refractivity contribution is 6.00. The number of rotatable bonds is 6. The molecule has 8 heteroatoms. The fourth-order valence-electron chi connectivity index (χ4n) is 3.83. The number of methoxy groups -OCH3 is 2. The molecular weight excluding hydrogens is 352 g/mol. The van der Waals surface area contributed by atoms with Gasteiger partial charge < -0.3 is 24.4 Å². The summed E-state index contributed by atoms with van der Waals surface area (Å²) in [6, 6.07) is 7.11. The third kappa shape index (κ3) is 3.62. The van der Waals surface area contributed by atoms with Crippen molar-refractivity contribution in [3.63, 3.8) is 0 Å². The van der Waals surface area contributed by atoms with E-state index in [1.54, 1.807) is 41.2 Å². The molecule has 2 aliphatic rings. The minimum Gasteiger partial charge on any atom is -0.497 e. The molecule has 0 aliphatic carbocycles. The van der Waals surface area contributed by atoms with Crippen molar-refractivity contribution in [1.82, 2.24) is 4.90 Å². The smallest absolute Gasteiger partial charge is 0.313 e. The number of ether oxygens (including phenoxy) is 2. The number of carboxylic acids is 1. The van der Waals surface area contributed by atoms with Crippen LogP contribution in [-0.4, -0.2) is 68.3 Å². The molecule has 8 nitrogen and oxygen atoms in total. The van der Waals surface area contributed by atoms with Gasteiger partial charge in [0.05, 0.1) is 19.6 Å². The van der Waals surface area contributed by atoms with E-state index in [2.05, 4.69) is 0 Å². The Morgan fingerprint density at radius 2 is 1.96 bits per heavy atom. The number of hydrogen-bond acceptors (Lipinski definition) is 5. The average Bonchev–Trinajstić information content (AvgIpc) is 3.26. The Bertz CT molecular complexity index is 734. The number of hydrogen-bond donors (Lipinski definition) is 1. The highest BCUT2D eigenvalue weighted by Crippen LogP contribution is 2.34. The molecule has 2 heterocycles. The summed E-state index contributed by atoms with van der Waals surface area (Å²) in [5.74, 6) is -1.01. The van der Waals surface area contributed by atoms with Crippen LogP contribution in [0.3, 0.4) is 0 Å². The molecular formula is C19H24N2O6. The molecule has 1 aromatic carbocycles. The van der Waals surface area contributed by atoms with Gasteiger partial charge in [-0.1, -0.05) is 0 Å². The Morgan fingerprint density at radius 3 is 2.56 bits per heavy atom. The SMILES string of the molecule is COCC1(C(=O)O)CCN(C(=O)C2CC(=O)N(c3ccc(OC)cc3)C2)C1. The van der Waals surface area contributed by atoms with Crippen LogP contribution in [0.5, 0.6) is 5.75 Å². The lowest BCUT2D eigenvalue weighted by Gasteiger charge is -2.25. The van der Waals surface area contributed by atoms with Gasteiger partial charge in [-0.3, -0.25) is 14.4 Å². The fraction of sp³-hybridized carbons (Fsp3) is 0.526. The monoisotopic (exact) mass is 376 g/mol. The van der Waals surface area contributed by atoms with Gasteiger partial charge in [0.1, 0.15) is 11.2 Å². The van der Waals surface area contributed by atoms with Gasteiger partial charge in [0, 0.05) is 38.9 Å². The van der Waals surface area contributed by atoms with E-state index in [9.17, 15) is 19.5 Å². The first-order valence-electron chi connectivity index (χ1n) is 8.86. The van der Waals surface area contributed by atoms with E-state index in [-0.39, 0.29) is 31.4 Å². The van der Waals surface area contributed by atoms with Crippen molar-refractivity contribution in [2.24, 2.45) is 11.3 Å². The number of aliphatic carboxylic acids is 1. The van der Waals surface area contributed by atoms with E-state index in [4.69, 9.17) is 9.47 Å². The van der Waals surface area contributed by atoms with Gasteiger partial charge >= 0.3 is 5.97 Å². The molecule has 0 aromatic heterocycles. The van der Waals surface area contributed by atoms with Crippen molar-refractivity contribution in [1.29, 1.82) is 0 Å². The van der Waals surface area contributed by atoms with Gasteiger partial charge in [0.25, 0.3) is 0 Å². The van der Waals surface area contributed by atoms with Crippen LogP contribution in [-0.2, 0) is 19.1 Å². The lowest BCUT2D eigenvalue weighted by molar-refractivity contribution is -0.152. The standard InChI is InChI=1S/C19H24N2O6/c1-26-12-19(18(24)25)7-8-20(11-19)17(23)13-9-16(22)21(10-13)14-3-5-15(27-2)6-4-14/h3-6,13H,7-12H2,1-2H3,(H,24,25). The molecule has 2 atom stereocenters. The molecule has 0 bridgehead atoms. The number of likely N-dealkylation sites (tertiary alicyclic amines) is 1. The summed E-state index contributed by atoms with van der Waals surface area (Å²) in [5.41, 5.74) is -0.348. The number of carbonyl (C=O) groups excluding carboxylic acids is 2. The van der Waals surface area contributed by atoms with Crippen LogP contribution in [0.4, 0.5) is 5.69 Å². The van der Waals surface area contributed by atoms with E-state index in [1.165, 1.54) is 7.11 Å². The van der Waals surface area contributed by atoms with E-state index < -0.39 is 17.3 Å². The van der Waals surface area contributed by atoms with Crippen LogP contribution in [0, 0.1) is 11.3 Å². The Labute approximate surface area is 157 Å². The lowest BCUT2D eigenvalue weighted by atomic mass is 9.88. The summed E-state index contributed by atoms with van der Waals surface area (Å²) in [7, 11) is 3.03. The van der Waals surface area contributed by atoms with Crippen molar-refractivity contribution in [3.05, 3.63) is 24.3 Å². The lowest BCUT2D eigenvalue weighted by Crippen LogP contribution is -2.42. The number of anilines is 1. The Balaban J connectivity index is 1.68. The number of nitrogens with zero attached hydrogens (tertiary/aromatic N) is 2. The number of amides is 2. The topological polar surface area (TPSA) is 96.4 Å². The van der Waals surface area contributed by atoms with Gasteiger partial charge in [-0.05, 0) is 30.7 Å². The Hall–Kier alpha value is -2.61. The zero-order valence-corrected chi connectivity index (χ0v) is 15.5. The molecule has 0 radical (unpaired) electrons. The highest BCUT2D eigenvalue weighted by Gasteiger charge is 2.48. The fourth-order valence-corrected chi connectivity index (χ4v) is 3.83. The van der Waals surface area contributed by atoms with E-state index in [0.29, 0.717) is 25.3 Å². The summed E-state index contributed by atoms with van der Waals surface area (Å²) in [6.45, 7) is 0.836. The maximum Gasteiger partial charge on any atom is 0.313 e. The third-order valence-electron chi connectivity index (χ3n) is 5.40. The van der Waals surface area contributed by atoms with E-state index in [0.717, 1.165) is 5.69 Å². The molecule has 3 rings (SSSR count). The highest BCUT2D eigenvalue weighted by atomic mass is 16.5. The molecule has 2 aliphatic heterocycles.